The van der Waals surface area contributed by atoms with Crippen LogP contribution in [0.15, 0.2) is 53.4 Å². The van der Waals surface area contributed by atoms with E-state index in [0.717, 1.165) is 42.5 Å². The van der Waals surface area contributed by atoms with Crippen LogP contribution >= 0.6 is 0 Å². The van der Waals surface area contributed by atoms with Gasteiger partial charge >= 0.3 is 12.1 Å². The molecule has 0 atom stereocenters. The van der Waals surface area contributed by atoms with Gasteiger partial charge in [-0.25, -0.2) is 8.42 Å². The molecule has 8 nitrogen and oxygen atoms in total. The van der Waals surface area contributed by atoms with Crippen molar-refractivity contribution >= 4 is 27.4 Å². The molecule has 0 heterocycles. The number of rotatable bonds is 7. The number of carboxylic acid groups (broad SMARTS) is 1. The third-order valence-electron chi connectivity index (χ3n) is 3.61. The number of hydrogen-bond acceptors (Lipinski definition) is 5. The van der Waals surface area contributed by atoms with Crippen molar-refractivity contribution in [2.45, 2.75) is 17.5 Å². The summed E-state index contributed by atoms with van der Waals surface area (Å²) in [5.41, 5.74) is -2.08. The molecule has 2 aromatic rings. The number of alkyl halides is 3. The molecule has 150 valence electrons. The third kappa shape index (κ3) is 4.76. The maximum absolute atomic E-state index is 13.0. The average molecular weight is 418 g/mol. The topological polar surface area (TPSA) is 118 Å². The zero-order valence-electron chi connectivity index (χ0n) is 14.0. The van der Waals surface area contributed by atoms with Crippen LogP contribution in [0, 0.1) is 10.1 Å². The predicted octanol–water partition coefficient (Wildman–Crippen LogP) is 3.28. The van der Waals surface area contributed by atoms with Crippen molar-refractivity contribution in [2.24, 2.45) is 0 Å². The standard InChI is InChI=1S/C16H13F3N2O6S/c17-16(18,19)11-3-1-4-12(9-11)20(8-7-15(22)23)28(26,27)14-6-2-5-13(10-14)21(24)25/h1-6,9-10H,7-8H2,(H,22,23). The summed E-state index contributed by atoms with van der Waals surface area (Å²) in [4.78, 5) is 20.4. The molecule has 0 amide bonds. The Kier molecular flexibility index (Phi) is 5.92. The van der Waals surface area contributed by atoms with Crippen molar-refractivity contribution in [1.82, 2.24) is 0 Å². The number of halogens is 3. The molecule has 0 fully saturated rings. The lowest BCUT2D eigenvalue weighted by atomic mass is 10.2. The lowest BCUT2D eigenvalue weighted by molar-refractivity contribution is -0.385. The van der Waals surface area contributed by atoms with Crippen molar-refractivity contribution in [2.75, 3.05) is 10.8 Å². The first-order valence-electron chi connectivity index (χ1n) is 7.59. The second kappa shape index (κ2) is 7.84. The molecule has 1 N–H and O–H groups in total. The van der Waals surface area contributed by atoms with E-state index in [-0.39, 0.29) is 0 Å². The maximum Gasteiger partial charge on any atom is 0.416 e. The number of anilines is 1. The van der Waals surface area contributed by atoms with Gasteiger partial charge in [0, 0.05) is 18.7 Å². The number of sulfonamides is 1. The van der Waals surface area contributed by atoms with Crippen LogP contribution in [-0.2, 0) is 21.0 Å². The molecule has 0 bridgehead atoms. The molecular weight excluding hydrogens is 405 g/mol. The van der Waals surface area contributed by atoms with E-state index in [1.54, 1.807) is 0 Å². The Hall–Kier alpha value is -3.15. The molecule has 0 saturated carbocycles. The van der Waals surface area contributed by atoms with E-state index in [1.807, 2.05) is 0 Å². The van der Waals surface area contributed by atoms with Gasteiger partial charge in [-0.15, -0.1) is 0 Å². The van der Waals surface area contributed by atoms with Crippen molar-refractivity contribution in [1.29, 1.82) is 0 Å². The average Bonchev–Trinajstić information content (AvgIpc) is 2.61. The van der Waals surface area contributed by atoms with Gasteiger partial charge in [0.15, 0.2) is 0 Å². The fourth-order valence-corrected chi connectivity index (χ4v) is 3.80. The van der Waals surface area contributed by atoms with Gasteiger partial charge in [-0.3, -0.25) is 19.2 Å². The summed E-state index contributed by atoms with van der Waals surface area (Å²) in [6, 6.07) is 7.29. The SMILES string of the molecule is O=C(O)CCN(c1cccc(C(F)(F)F)c1)S(=O)(=O)c1cccc([N+](=O)[O-])c1. The highest BCUT2D eigenvalue weighted by Crippen LogP contribution is 2.33. The molecule has 0 aromatic heterocycles. The van der Waals surface area contributed by atoms with Gasteiger partial charge in [0.25, 0.3) is 15.7 Å². The van der Waals surface area contributed by atoms with Crippen molar-refractivity contribution in [3.8, 4) is 0 Å². The first kappa shape index (κ1) is 21.2. The summed E-state index contributed by atoms with van der Waals surface area (Å²) in [7, 11) is -4.57. The van der Waals surface area contributed by atoms with E-state index < -0.39 is 61.9 Å². The number of nitro benzene ring substituents is 1. The van der Waals surface area contributed by atoms with E-state index >= 15 is 0 Å². The molecule has 0 unspecified atom stereocenters. The molecule has 0 radical (unpaired) electrons. The Morgan fingerprint density at radius 1 is 1.14 bits per heavy atom. The second-order valence-corrected chi connectivity index (χ2v) is 7.39. The van der Waals surface area contributed by atoms with E-state index in [2.05, 4.69) is 0 Å². The summed E-state index contributed by atoms with van der Waals surface area (Å²) < 4.78 is 65.2. The van der Waals surface area contributed by atoms with Gasteiger partial charge in [-0.05, 0) is 24.3 Å². The number of benzene rings is 2. The van der Waals surface area contributed by atoms with Crippen LogP contribution in [-0.4, -0.2) is 31.0 Å². The normalized spacial score (nSPS) is 11.8. The van der Waals surface area contributed by atoms with Crippen LogP contribution in [0.3, 0.4) is 0 Å². The lowest BCUT2D eigenvalue weighted by Crippen LogP contribution is -2.33. The Labute approximate surface area is 157 Å². The molecule has 0 spiro atoms. The largest absolute Gasteiger partial charge is 0.481 e. The van der Waals surface area contributed by atoms with Crippen LogP contribution in [0.5, 0.6) is 0 Å². The summed E-state index contributed by atoms with van der Waals surface area (Å²) in [5, 5.41) is 19.7. The first-order valence-corrected chi connectivity index (χ1v) is 9.03. The van der Waals surface area contributed by atoms with Gasteiger partial charge in [0.1, 0.15) is 0 Å². The number of aliphatic carboxylic acids is 1. The van der Waals surface area contributed by atoms with Crippen molar-refractivity contribution < 1.29 is 36.4 Å². The highest BCUT2D eigenvalue weighted by Gasteiger charge is 2.33. The Morgan fingerprint density at radius 3 is 2.36 bits per heavy atom. The zero-order chi connectivity index (χ0) is 21.1. The highest BCUT2D eigenvalue weighted by molar-refractivity contribution is 7.92. The van der Waals surface area contributed by atoms with Crippen LogP contribution in [0.4, 0.5) is 24.5 Å². The van der Waals surface area contributed by atoms with Gasteiger partial charge in [-0.2, -0.15) is 13.2 Å². The van der Waals surface area contributed by atoms with Crippen molar-refractivity contribution in [3.05, 3.63) is 64.2 Å². The Morgan fingerprint density at radius 2 is 1.79 bits per heavy atom. The summed E-state index contributed by atoms with van der Waals surface area (Å²) in [6.07, 6.45) is -5.44. The van der Waals surface area contributed by atoms with Crippen LogP contribution in [0.25, 0.3) is 0 Å². The highest BCUT2D eigenvalue weighted by atomic mass is 32.2. The minimum atomic E-state index is -4.75. The third-order valence-corrected chi connectivity index (χ3v) is 5.43. The molecular formula is C16H13F3N2O6S. The van der Waals surface area contributed by atoms with E-state index in [9.17, 15) is 36.5 Å². The molecule has 0 aliphatic carbocycles. The number of carbonyl (C=O) groups is 1. The van der Waals surface area contributed by atoms with Crippen LogP contribution in [0.1, 0.15) is 12.0 Å². The smallest absolute Gasteiger partial charge is 0.416 e. The zero-order valence-corrected chi connectivity index (χ0v) is 14.8. The van der Waals surface area contributed by atoms with E-state index in [4.69, 9.17) is 5.11 Å². The predicted molar refractivity (Wildman–Crippen MR) is 91.3 cm³/mol. The lowest BCUT2D eigenvalue weighted by Gasteiger charge is -2.24. The number of nitro groups is 1. The molecule has 0 aliphatic rings. The second-order valence-electron chi connectivity index (χ2n) is 5.52. The summed E-state index contributed by atoms with van der Waals surface area (Å²) >= 11 is 0. The van der Waals surface area contributed by atoms with Crippen LogP contribution in [0.2, 0.25) is 0 Å². The quantitative estimate of drug-likeness (QED) is 0.545. The summed E-state index contributed by atoms with van der Waals surface area (Å²) in [5.74, 6) is -1.37. The summed E-state index contributed by atoms with van der Waals surface area (Å²) in [6.45, 7) is -0.665. The van der Waals surface area contributed by atoms with E-state index in [1.165, 1.54) is 0 Å². The number of carboxylic acids is 1. The Balaban J connectivity index is 2.58. The van der Waals surface area contributed by atoms with Gasteiger partial charge < -0.3 is 5.11 Å². The monoisotopic (exact) mass is 418 g/mol. The molecule has 28 heavy (non-hydrogen) atoms. The Bertz CT molecular complexity index is 1010. The fourth-order valence-electron chi connectivity index (χ4n) is 2.31. The number of nitrogens with zero attached hydrogens (tertiary/aromatic N) is 2. The maximum atomic E-state index is 13.0. The number of non-ortho nitro benzene ring substituents is 1. The van der Waals surface area contributed by atoms with Gasteiger partial charge in [-0.1, -0.05) is 12.1 Å². The van der Waals surface area contributed by atoms with Gasteiger partial charge in [0.2, 0.25) is 0 Å². The first-order chi connectivity index (χ1) is 12.9. The van der Waals surface area contributed by atoms with E-state index in [0.29, 0.717) is 10.4 Å². The molecule has 2 rings (SSSR count). The molecule has 12 heteroatoms. The molecule has 0 aliphatic heterocycles. The molecule has 2 aromatic carbocycles. The van der Waals surface area contributed by atoms with Crippen LogP contribution < -0.4 is 4.31 Å². The number of hydrogen-bond donors (Lipinski definition) is 1. The van der Waals surface area contributed by atoms with Crippen molar-refractivity contribution in [3.63, 3.8) is 0 Å². The minimum absolute atomic E-state index is 0.414. The fraction of sp³-hybridized carbons (Fsp3) is 0.188. The van der Waals surface area contributed by atoms with Gasteiger partial charge in [0.05, 0.1) is 27.5 Å². The minimum Gasteiger partial charge on any atom is -0.481 e. The molecule has 0 saturated heterocycles.